The average Bonchev–Trinajstić information content (AvgIpc) is 2.28. The SMILES string of the molecule is COCCC(CCC(C)C)(CCC(C)C)OC. The lowest BCUT2D eigenvalue weighted by Gasteiger charge is -2.34. The molecule has 0 fully saturated rings. The monoisotopic (exact) mass is 244 g/mol. The van der Waals surface area contributed by atoms with Gasteiger partial charge in [-0.05, 0) is 43.9 Å². The second kappa shape index (κ2) is 8.93. The Morgan fingerprint density at radius 3 is 1.59 bits per heavy atom. The van der Waals surface area contributed by atoms with Crippen molar-refractivity contribution in [3.63, 3.8) is 0 Å². The lowest BCUT2D eigenvalue weighted by Crippen LogP contribution is -2.34. The summed E-state index contributed by atoms with van der Waals surface area (Å²) in [6, 6.07) is 0. The third-order valence-electron chi connectivity index (χ3n) is 3.55. The van der Waals surface area contributed by atoms with E-state index in [0.717, 1.165) is 37.7 Å². The molecule has 0 spiro atoms. The zero-order chi connectivity index (χ0) is 13.3. The Hall–Kier alpha value is -0.0800. The van der Waals surface area contributed by atoms with Gasteiger partial charge in [-0.25, -0.2) is 0 Å². The van der Waals surface area contributed by atoms with Crippen molar-refractivity contribution in [2.45, 2.75) is 65.4 Å². The van der Waals surface area contributed by atoms with Crippen LogP contribution in [-0.4, -0.2) is 26.4 Å². The normalized spacial score (nSPS) is 12.7. The molecule has 17 heavy (non-hydrogen) atoms. The van der Waals surface area contributed by atoms with E-state index in [4.69, 9.17) is 9.47 Å². The maximum Gasteiger partial charge on any atom is 0.0700 e. The van der Waals surface area contributed by atoms with E-state index in [0.29, 0.717) is 0 Å². The molecular weight excluding hydrogens is 212 g/mol. The van der Waals surface area contributed by atoms with Gasteiger partial charge in [0.15, 0.2) is 0 Å². The molecule has 0 aliphatic carbocycles. The zero-order valence-corrected chi connectivity index (χ0v) is 12.7. The summed E-state index contributed by atoms with van der Waals surface area (Å²) in [5, 5.41) is 0. The Morgan fingerprint density at radius 2 is 1.29 bits per heavy atom. The van der Waals surface area contributed by atoms with E-state index in [1.807, 2.05) is 7.11 Å². The molecule has 0 aliphatic heterocycles. The lowest BCUT2D eigenvalue weighted by atomic mass is 9.84. The highest BCUT2D eigenvalue weighted by Crippen LogP contribution is 2.30. The highest BCUT2D eigenvalue weighted by molar-refractivity contribution is 4.81. The number of hydrogen-bond acceptors (Lipinski definition) is 2. The molecule has 0 aliphatic rings. The number of hydrogen-bond donors (Lipinski definition) is 0. The average molecular weight is 244 g/mol. The van der Waals surface area contributed by atoms with Gasteiger partial charge in [0, 0.05) is 20.8 Å². The summed E-state index contributed by atoms with van der Waals surface area (Å²) in [5.41, 5.74) is 0.0323. The molecule has 0 unspecified atom stereocenters. The first-order chi connectivity index (χ1) is 7.95. The summed E-state index contributed by atoms with van der Waals surface area (Å²) in [6.07, 6.45) is 5.78. The molecule has 0 aromatic rings. The van der Waals surface area contributed by atoms with E-state index in [9.17, 15) is 0 Å². The van der Waals surface area contributed by atoms with Gasteiger partial charge in [0.1, 0.15) is 0 Å². The summed E-state index contributed by atoms with van der Waals surface area (Å²) in [6.45, 7) is 9.90. The molecular formula is C15H32O2. The summed E-state index contributed by atoms with van der Waals surface area (Å²) in [4.78, 5) is 0. The molecule has 0 amide bonds. The number of rotatable bonds is 10. The first-order valence-corrected chi connectivity index (χ1v) is 7.00. The fourth-order valence-electron chi connectivity index (χ4n) is 2.07. The van der Waals surface area contributed by atoms with E-state index < -0.39 is 0 Å². The van der Waals surface area contributed by atoms with Crippen LogP contribution in [0.3, 0.4) is 0 Å². The topological polar surface area (TPSA) is 18.5 Å². The van der Waals surface area contributed by atoms with Crippen LogP contribution >= 0.6 is 0 Å². The van der Waals surface area contributed by atoms with Crippen molar-refractivity contribution in [2.24, 2.45) is 11.8 Å². The molecule has 0 rings (SSSR count). The van der Waals surface area contributed by atoms with Gasteiger partial charge in [-0.15, -0.1) is 0 Å². The van der Waals surface area contributed by atoms with E-state index >= 15 is 0 Å². The largest absolute Gasteiger partial charge is 0.385 e. The third-order valence-corrected chi connectivity index (χ3v) is 3.55. The maximum absolute atomic E-state index is 5.86. The predicted molar refractivity (Wildman–Crippen MR) is 74.4 cm³/mol. The Labute approximate surface area is 108 Å². The van der Waals surface area contributed by atoms with Gasteiger partial charge in [-0.3, -0.25) is 0 Å². The lowest BCUT2D eigenvalue weighted by molar-refractivity contribution is -0.0513. The Morgan fingerprint density at radius 1 is 0.824 bits per heavy atom. The van der Waals surface area contributed by atoms with Crippen molar-refractivity contribution in [3.05, 3.63) is 0 Å². The highest BCUT2D eigenvalue weighted by Gasteiger charge is 2.29. The van der Waals surface area contributed by atoms with E-state index in [1.165, 1.54) is 12.8 Å². The quantitative estimate of drug-likeness (QED) is 0.571. The molecule has 0 saturated heterocycles. The van der Waals surface area contributed by atoms with Crippen LogP contribution in [0.25, 0.3) is 0 Å². The van der Waals surface area contributed by atoms with Crippen LogP contribution in [0.2, 0.25) is 0 Å². The third kappa shape index (κ3) is 7.77. The zero-order valence-electron chi connectivity index (χ0n) is 12.7. The van der Waals surface area contributed by atoms with Crippen LogP contribution in [0.15, 0.2) is 0 Å². The van der Waals surface area contributed by atoms with Crippen molar-refractivity contribution in [2.75, 3.05) is 20.8 Å². The van der Waals surface area contributed by atoms with Crippen molar-refractivity contribution >= 4 is 0 Å². The van der Waals surface area contributed by atoms with Crippen LogP contribution in [0.1, 0.15) is 59.8 Å². The van der Waals surface area contributed by atoms with Crippen LogP contribution in [-0.2, 0) is 9.47 Å². The molecule has 2 nitrogen and oxygen atoms in total. The van der Waals surface area contributed by atoms with E-state index in [2.05, 4.69) is 27.7 Å². The minimum atomic E-state index is 0.0323. The van der Waals surface area contributed by atoms with Gasteiger partial charge in [-0.1, -0.05) is 27.7 Å². The van der Waals surface area contributed by atoms with Crippen molar-refractivity contribution in [1.29, 1.82) is 0 Å². The molecule has 2 heteroatoms. The molecule has 104 valence electrons. The standard InChI is InChI=1S/C15H32O2/c1-13(2)7-9-15(17-6,11-12-16-5)10-8-14(3)4/h13-14H,7-12H2,1-6H3. The fourth-order valence-corrected chi connectivity index (χ4v) is 2.07. The van der Waals surface area contributed by atoms with Crippen LogP contribution in [0, 0.1) is 11.8 Å². The first kappa shape index (κ1) is 16.9. The van der Waals surface area contributed by atoms with Crippen molar-refractivity contribution in [3.8, 4) is 0 Å². The van der Waals surface area contributed by atoms with Crippen LogP contribution in [0.5, 0.6) is 0 Å². The van der Waals surface area contributed by atoms with Gasteiger partial charge in [0.25, 0.3) is 0 Å². The van der Waals surface area contributed by atoms with Crippen LogP contribution in [0.4, 0.5) is 0 Å². The molecule has 0 heterocycles. The predicted octanol–water partition coefficient (Wildman–Crippen LogP) is 4.28. The molecule has 0 saturated carbocycles. The smallest absolute Gasteiger partial charge is 0.0700 e. The molecule has 0 aromatic carbocycles. The maximum atomic E-state index is 5.86. The van der Waals surface area contributed by atoms with Gasteiger partial charge >= 0.3 is 0 Å². The minimum absolute atomic E-state index is 0.0323. The minimum Gasteiger partial charge on any atom is -0.385 e. The highest BCUT2D eigenvalue weighted by atomic mass is 16.5. The van der Waals surface area contributed by atoms with Gasteiger partial charge in [-0.2, -0.15) is 0 Å². The van der Waals surface area contributed by atoms with Gasteiger partial charge < -0.3 is 9.47 Å². The van der Waals surface area contributed by atoms with Crippen molar-refractivity contribution in [1.82, 2.24) is 0 Å². The first-order valence-electron chi connectivity index (χ1n) is 7.00. The van der Waals surface area contributed by atoms with E-state index in [-0.39, 0.29) is 5.60 Å². The summed E-state index contributed by atoms with van der Waals surface area (Å²) in [5.74, 6) is 1.48. The Bertz CT molecular complexity index is 164. The molecule has 0 N–H and O–H groups in total. The summed E-state index contributed by atoms with van der Waals surface area (Å²) < 4.78 is 11.1. The summed E-state index contributed by atoms with van der Waals surface area (Å²) in [7, 11) is 3.63. The van der Waals surface area contributed by atoms with Crippen LogP contribution < -0.4 is 0 Å². The molecule has 0 atom stereocenters. The van der Waals surface area contributed by atoms with Crippen molar-refractivity contribution < 1.29 is 9.47 Å². The number of methoxy groups -OCH3 is 2. The molecule has 0 bridgehead atoms. The Kier molecular flexibility index (Phi) is 8.89. The Balaban J connectivity index is 4.38. The van der Waals surface area contributed by atoms with Gasteiger partial charge in [0.2, 0.25) is 0 Å². The number of ether oxygens (including phenoxy) is 2. The second-order valence-corrected chi connectivity index (χ2v) is 5.99. The second-order valence-electron chi connectivity index (χ2n) is 5.99. The fraction of sp³-hybridized carbons (Fsp3) is 1.00. The summed E-state index contributed by atoms with van der Waals surface area (Å²) >= 11 is 0. The van der Waals surface area contributed by atoms with Gasteiger partial charge in [0.05, 0.1) is 5.60 Å². The molecule has 0 radical (unpaired) electrons. The van der Waals surface area contributed by atoms with E-state index in [1.54, 1.807) is 7.11 Å². The molecule has 0 aromatic heterocycles.